The van der Waals surface area contributed by atoms with E-state index in [2.05, 4.69) is 21.2 Å². The summed E-state index contributed by atoms with van der Waals surface area (Å²) < 4.78 is 0.833. The van der Waals surface area contributed by atoms with Gasteiger partial charge in [0.15, 0.2) is 5.41 Å². The van der Waals surface area contributed by atoms with E-state index in [1.807, 2.05) is 48.3 Å². The number of nitrogens with one attached hydrogen (secondary N) is 1. The summed E-state index contributed by atoms with van der Waals surface area (Å²) in [6.07, 6.45) is 0.235. The molecule has 1 spiro atoms. The predicted molar refractivity (Wildman–Crippen MR) is 119 cm³/mol. The first-order valence-corrected chi connectivity index (χ1v) is 10.4. The molecule has 6 nitrogen and oxygen atoms in total. The second-order valence-corrected chi connectivity index (χ2v) is 8.69. The maximum atomic E-state index is 13.7. The summed E-state index contributed by atoms with van der Waals surface area (Å²) >= 11 is 3.36. The third kappa shape index (κ3) is 2.65. The van der Waals surface area contributed by atoms with E-state index in [0.29, 0.717) is 5.69 Å². The minimum absolute atomic E-state index is 0.198. The highest BCUT2D eigenvalue weighted by atomic mass is 79.9. The van der Waals surface area contributed by atoms with Crippen LogP contribution < -0.4 is 15.1 Å². The molecule has 2 heterocycles. The molecule has 150 valence electrons. The molecule has 5 rings (SSSR count). The molecule has 3 aromatic rings. The highest BCUT2D eigenvalue weighted by Gasteiger charge is 2.56. The number of hydrogen-bond donors (Lipinski definition) is 1. The Labute approximate surface area is 181 Å². The van der Waals surface area contributed by atoms with Crippen molar-refractivity contribution >= 4 is 55.9 Å². The van der Waals surface area contributed by atoms with Gasteiger partial charge in [-0.3, -0.25) is 14.9 Å². The number of amides is 4. The van der Waals surface area contributed by atoms with Gasteiger partial charge in [-0.05, 0) is 46.7 Å². The summed E-state index contributed by atoms with van der Waals surface area (Å²) in [5.41, 5.74) is 0.980. The number of fused-ring (bicyclic) bond motifs is 3. The third-order valence-corrected chi connectivity index (χ3v) is 6.50. The van der Waals surface area contributed by atoms with Gasteiger partial charge < -0.3 is 4.90 Å². The largest absolute Gasteiger partial charge is 0.373 e. The number of carbonyl (C=O) groups is 3. The highest BCUT2D eigenvalue weighted by Crippen LogP contribution is 2.43. The van der Waals surface area contributed by atoms with E-state index in [-0.39, 0.29) is 13.0 Å². The topological polar surface area (TPSA) is 69.7 Å². The average molecular weight is 464 g/mol. The second kappa shape index (κ2) is 6.67. The van der Waals surface area contributed by atoms with Crippen molar-refractivity contribution in [3.8, 4) is 0 Å². The van der Waals surface area contributed by atoms with Gasteiger partial charge in [-0.1, -0.05) is 46.3 Å². The molecule has 1 N–H and O–H groups in total. The van der Waals surface area contributed by atoms with Crippen LogP contribution in [0.5, 0.6) is 0 Å². The summed E-state index contributed by atoms with van der Waals surface area (Å²) in [4.78, 5) is 42.4. The second-order valence-electron chi connectivity index (χ2n) is 7.78. The molecule has 1 fully saturated rings. The van der Waals surface area contributed by atoms with Crippen molar-refractivity contribution in [1.82, 2.24) is 5.32 Å². The van der Waals surface area contributed by atoms with Gasteiger partial charge in [-0.2, -0.15) is 0 Å². The van der Waals surface area contributed by atoms with Crippen molar-refractivity contribution in [3.63, 3.8) is 0 Å². The molecule has 1 saturated heterocycles. The molecule has 3 aromatic carbocycles. The molecule has 0 aliphatic carbocycles. The number of benzene rings is 3. The molecule has 0 aromatic heterocycles. The summed E-state index contributed by atoms with van der Waals surface area (Å²) in [7, 11) is 1.87. The fourth-order valence-electron chi connectivity index (χ4n) is 4.51. The van der Waals surface area contributed by atoms with Crippen LogP contribution in [0.2, 0.25) is 0 Å². The quantitative estimate of drug-likeness (QED) is 0.556. The fourth-order valence-corrected chi connectivity index (χ4v) is 4.78. The lowest BCUT2D eigenvalue weighted by Crippen LogP contribution is -2.68. The summed E-state index contributed by atoms with van der Waals surface area (Å²) in [5.74, 6) is -1.04. The van der Waals surface area contributed by atoms with Gasteiger partial charge in [0, 0.05) is 30.2 Å². The summed E-state index contributed by atoms with van der Waals surface area (Å²) in [6, 6.07) is 18.2. The van der Waals surface area contributed by atoms with Crippen LogP contribution in [0, 0.1) is 5.41 Å². The van der Waals surface area contributed by atoms with E-state index in [9.17, 15) is 14.4 Å². The zero-order chi connectivity index (χ0) is 21.0. The molecule has 2 aliphatic rings. The van der Waals surface area contributed by atoms with Crippen LogP contribution in [0.15, 0.2) is 65.1 Å². The lowest BCUT2D eigenvalue weighted by molar-refractivity contribution is -0.142. The summed E-state index contributed by atoms with van der Waals surface area (Å²) in [6.45, 7) is 0.198. The Morgan fingerprint density at radius 2 is 1.70 bits per heavy atom. The van der Waals surface area contributed by atoms with Crippen molar-refractivity contribution in [2.45, 2.75) is 6.42 Å². The Balaban J connectivity index is 1.65. The molecular formula is C23H18BrN3O3. The number of rotatable bonds is 1. The van der Waals surface area contributed by atoms with Crippen LogP contribution in [0.25, 0.3) is 10.8 Å². The van der Waals surface area contributed by atoms with Gasteiger partial charge in [-0.15, -0.1) is 0 Å². The molecule has 0 bridgehead atoms. The standard InChI is InChI=1S/C23H18BrN3O3/c1-26-13-23(12-18-17-5-3-2-4-14(17)6-11-19(18)26)20(28)25-22(30)27(21(23)29)16-9-7-15(24)8-10-16/h2-11H,12-13H2,1H3,(H,25,28,30). The first kappa shape index (κ1) is 18.8. The Hall–Kier alpha value is -3.19. The fraction of sp³-hybridized carbons (Fsp3) is 0.174. The average Bonchev–Trinajstić information content (AvgIpc) is 2.74. The molecule has 1 atom stereocenters. The highest BCUT2D eigenvalue weighted by molar-refractivity contribution is 9.10. The van der Waals surface area contributed by atoms with Gasteiger partial charge >= 0.3 is 6.03 Å². The van der Waals surface area contributed by atoms with Crippen LogP contribution >= 0.6 is 15.9 Å². The van der Waals surface area contributed by atoms with Crippen molar-refractivity contribution in [1.29, 1.82) is 0 Å². The van der Waals surface area contributed by atoms with E-state index < -0.39 is 23.3 Å². The number of barbiturate groups is 1. The Morgan fingerprint density at radius 3 is 2.47 bits per heavy atom. The normalized spacial score (nSPS) is 21.2. The monoisotopic (exact) mass is 463 g/mol. The van der Waals surface area contributed by atoms with E-state index >= 15 is 0 Å². The van der Waals surface area contributed by atoms with Gasteiger partial charge in [-0.25, -0.2) is 9.69 Å². The third-order valence-electron chi connectivity index (χ3n) is 5.97. The molecule has 0 saturated carbocycles. The van der Waals surface area contributed by atoms with Crippen molar-refractivity contribution < 1.29 is 14.4 Å². The first-order valence-electron chi connectivity index (χ1n) is 9.58. The molecule has 0 radical (unpaired) electrons. The number of carbonyl (C=O) groups excluding carboxylic acids is 3. The number of hydrogen-bond acceptors (Lipinski definition) is 4. The predicted octanol–water partition coefficient (Wildman–Crippen LogP) is 3.86. The number of nitrogens with zero attached hydrogens (tertiary/aromatic N) is 2. The molecule has 2 aliphatic heterocycles. The number of anilines is 2. The smallest absolute Gasteiger partial charge is 0.335 e. The van der Waals surface area contributed by atoms with Gasteiger partial charge in [0.25, 0.3) is 5.91 Å². The first-order chi connectivity index (χ1) is 14.4. The van der Waals surface area contributed by atoms with Crippen molar-refractivity contribution in [3.05, 3.63) is 70.7 Å². The SMILES string of the molecule is CN1CC2(Cc3c1ccc1ccccc31)C(=O)NC(=O)N(c1ccc(Br)cc1)C2=O. The van der Waals surface area contributed by atoms with Gasteiger partial charge in [0.05, 0.1) is 5.69 Å². The van der Waals surface area contributed by atoms with Crippen molar-refractivity contribution in [2.24, 2.45) is 5.41 Å². The summed E-state index contributed by atoms with van der Waals surface area (Å²) in [5, 5.41) is 4.48. The van der Waals surface area contributed by atoms with E-state index in [4.69, 9.17) is 0 Å². The Bertz CT molecular complexity index is 1220. The molecule has 4 amide bonds. The van der Waals surface area contributed by atoms with Crippen LogP contribution in [-0.4, -0.2) is 31.4 Å². The van der Waals surface area contributed by atoms with E-state index in [0.717, 1.165) is 31.4 Å². The lowest BCUT2D eigenvalue weighted by Gasteiger charge is -2.45. The molecule has 7 heteroatoms. The minimum Gasteiger partial charge on any atom is -0.373 e. The molecular weight excluding hydrogens is 446 g/mol. The Morgan fingerprint density at radius 1 is 0.967 bits per heavy atom. The van der Waals surface area contributed by atoms with E-state index in [1.54, 1.807) is 24.3 Å². The van der Waals surface area contributed by atoms with Gasteiger partial charge in [0.1, 0.15) is 0 Å². The Kier molecular flexibility index (Phi) is 4.18. The number of halogens is 1. The van der Waals surface area contributed by atoms with Crippen LogP contribution in [0.3, 0.4) is 0 Å². The van der Waals surface area contributed by atoms with E-state index in [1.165, 1.54) is 0 Å². The minimum atomic E-state index is -1.38. The van der Waals surface area contributed by atoms with Crippen LogP contribution in [0.4, 0.5) is 16.2 Å². The maximum absolute atomic E-state index is 13.7. The number of imide groups is 2. The van der Waals surface area contributed by atoms with Crippen LogP contribution in [-0.2, 0) is 16.0 Å². The zero-order valence-corrected chi connectivity index (χ0v) is 17.8. The van der Waals surface area contributed by atoms with Crippen molar-refractivity contribution in [2.75, 3.05) is 23.4 Å². The maximum Gasteiger partial charge on any atom is 0.335 e. The molecule has 1 unspecified atom stereocenters. The van der Waals surface area contributed by atoms with Gasteiger partial charge in [0.2, 0.25) is 5.91 Å². The lowest BCUT2D eigenvalue weighted by atomic mass is 9.73. The number of urea groups is 1. The van der Waals surface area contributed by atoms with Crippen LogP contribution in [0.1, 0.15) is 5.56 Å². The molecule has 30 heavy (non-hydrogen) atoms. The zero-order valence-electron chi connectivity index (χ0n) is 16.2.